The molecule has 0 radical (unpaired) electrons. The minimum absolute atomic E-state index is 0.0319. The van der Waals surface area contributed by atoms with Crippen molar-refractivity contribution in [2.24, 2.45) is 0 Å². The number of likely N-dealkylation sites (N-methyl/N-ethyl adjacent to an activating group) is 1. The molecule has 0 aliphatic carbocycles. The largest absolute Gasteiger partial charge is 0.357 e. The van der Waals surface area contributed by atoms with Gasteiger partial charge in [-0.1, -0.05) is 96.0 Å². The number of hydrogen-bond donors (Lipinski definition) is 1. The summed E-state index contributed by atoms with van der Waals surface area (Å²) in [6.07, 6.45) is 0.186. The average Bonchev–Trinajstić information content (AvgIpc) is 2.99. The van der Waals surface area contributed by atoms with E-state index in [2.05, 4.69) is 5.32 Å². The number of carbonyl (C=O) groups is 2. The Balaban J connectivity index is 1.80. The number of sulfonamides is 1. The molecule has 2 amide bonds. The third kappa shape index (κ3) is 7.27. The second kappa shape index (κ2) is 13.7. The fraction of sp³-hybridized carbons (Fsp3) is 0.161. The van der Waals surface area contributed by atoms with Crippen LogP contribution in [0.2, 0.25) is 10.0 Å². The van der Waals surface area contributed by atoms with Crippen molar-refractivity contribution in [2.75, 3.05) is 17.9 Å². The highest BCUT2D eigenvalue weighted by molar-refractivity contribution is 7.92. The summed E-state index contributed by atoms with van der Waals surface area (Å²) in [6, 6.07) is 29.5. The van der Waals surface area contributed by atoms with Gasteiger partial charge in [-0.2, -0.15) is 0 Å². The van der Waals surface area contributed by atoms with E-state index < -0.39 is 34.4 Å². The Morgan fingerprint density at radius 3 is 1.88 bits per heavy atom. The fourth-order valence-electron chi connectivity index (χ4n) is 4.42. The van der Waals surface area contributed by atoms with Gasteiger partial charge in [0.05, 0.1) is 10.6 Å². The second-order valence-electron chi connectivity index (χ2n) is 9.20. The van der Waals surface area contributed by atoms with Crippen molar-refractivity contribution < 1.29 is 18.0 Å². The second-order valence-corrected chi connectivity index (χ2v) is 11.9. The molecule has 1 atom stereocenters. The summed E-state index contributed by atoms with van der Waals surface area (Å²) >= 11 is 13.0. The molecular formula is C31H29Cl2N3O4S. The predicted molar refractivity (Wildman–Crippen MR) is 162 cm³/mol. The van der Waals surface area contributed by atoms with Crippen molar-refractivity contribution in [2.45, 2.75) is 23.9 Å². The number of nitrogens with zero attached hydrogens (tertiary/aromatic N) is 2. The Hall–Kier alpha value is -3.85. The van der Waals surface area contributed by atoms with E-state index in [1.165, 1.54) is 24.1 Å². The molecule has 0 bridgehead atoms. The average molecular weight is 611 g/mol. The fourth-order valence-corrected chi connectivity index (χ4v) is 6.37. The Bertz CT molecular complexity index is 1570. The molecular weight excluding hydrogens is 581 g/mol. The first-order chi connectivity index (χ1) is 19.7. The molecule has 0 fully saturated rings. The summed E-state index contributed by atoms with van der Waals surface area (Å²) in [7, 11) is -2.66. The van der Waals surface area contributed by atoms with Crippen LogP contribution in [0, 0.1) is 0 Å². The minimum Gasteiger partial charge on any atom is -0.357 e. The zero-order chi connectivity index (χ0) is 29.4. The van der Waals surface area contributed by atoms with Crippen molar-refractivity contribution in [1.29, 1.82) is 0 Å². The monoisotopic (exact) mass is 609 g/mol. The molecule has 0 saturated carbocycles. The summed E-state index contributed by atoms with van der Waals surface area (Å²) < 4.78 is 28.7. The normalized spacial score (nSPS) is 11.9. The number of benzene rings is 4. The number of anilines is 1. The van der Waals surface area contributed by atoms with Gasteiger partial charge in [0.15, 0.2) is 0 Å². The van der Waals surface area contributed by atoms with Crippen LogP contribution < -0.4 is 9.62 Å². The van der Waals surface area contributed by atoms with E-state index in [0.717, 1.165) is 9.87 Å². The van der Waals surface area contributed by atoms with Gasteiger partial charge in [-0.25, -0.2) is 8.42 Å². The van der Waals surface area contributed by atoms with Crippen LogP contribution in [0.15, 0.2) is 114 Å². The highest BCUT2D eigenvalue weighted by Gasteiger charge is 2.34. The van der Waals surface area contributed by atoms with E-state index in [1.807, 2.05) is 30.3 Å². The molecule has 4 aromatic rings. The van der Waals surface area contributed by atoms with E-state index in [-0.39, 0.29) is 17.9 Å². The number of hydrogen-bond acceptors (Lipinski definition) is 4. The molecule has 212 valence electrons. The molecule has 4 rings (SSSR count). The van der Waals surface area contributed by atoms with Crippen molar-refractivity contribution in [3.8, 4) is 0 Å². The summed E-state index contributed by atoms with van der Waals surface area (Å²) in [5.41, 5.74) is 1.57. The quantitative estimate of drug-likeness (QED) is 0.241. The maximum absolute atomic E-state index is 14.2. The molecule has 0 saturated heterocycles. The van der Waals surface area contributed by atoms with Crippen LogP contribution in [-0.4, -0.2) is 44.8 Å². The van der Waals surface area contributed by atoms with E-state index in [4.69, 9.17) is 23.2 Å². The third-order valence-corrected chi connectivity index (χ3v) is 9.06. The first kappa shape index (κ1) is 30.1. The molecule has 0 aromatic heterocycles. The number of rotatable bonds is 11. The van der Waals surface area contributed by atoms with Crippen LogP contribution in [-0.2, 0) is 32.6 Å². The van der Waals surface area contributed by atoms with Crippen molar-refractivity contribution >= 4 is 50.7 Å². The minimum atomic E-state index is -4.15. The van der Waals surface area contributed by atoms with Crippen LogP contribution in [0.3, 0.4) is 0 Å². The van der Waals surface area contributed by atoms with Crippen molar-refractivity contribution in [3.63, 3.8) is 0 Å². The molecule has 1 unspecified atom stereocenters. The van der Waals surface area contributed by atoms with Gasteiger partial charge < -0.3 is 10.2 Å². The first-order valence-corrected chi connectivity index (χ1v) is 15.0. The molecule has 0 spiro atoms. The van der Waals surface area contributed by atoms with Crippen LogP contribution >= 0.6 is 23.2 Å². The molecule has 1 N–H and O–H groups in total. The summed E-state index contributed by atoms with van der Waals surface area (Å²) in [5.74, 6) is -1.02. The van der Waals surface area contributed by atoms with Gasteiger partial charge in [0.1, 0.15) is 12.6 Å². The zero-order valence-electron chi connectivity index (χ0n) is 22.3. The Labute approximate surface area is 250 Å². The van der Waals surface area contributed by atoms with E-state index in [0.29, 0.717) is 21.3 Å². The summed E-state index contributed by atoms with van der Waals surface area (Å²) in [5, 5.41) is 3.29. The lowest BCUT2D eigenvalue weighted by molar-refractivity contribution is -0.139. The van der Waals surface area contributed by atoms with Crippen molar-refractivity contribution in [1.82, 2.24) is 10.2 Å². The van der Waals surface area contributed by atoms with Crippen LogP contribution in [0.5, 0.6) is 0 Å². The summed E-state index contributed by atoms with van der Waals surface area (Å²) in [4.78, 5) is 28.9. The van der Waals surface area contributed by atoms with Crippen LogP contribution in [0.4, 0.5) is 5.69 Å². The standard InChI is InChI=1S/C31H29Cl2N3O4S/c1-34-31(38)29(20-23-12-5-2-6-13-23)35(21-26-27(32)18-11-19-28(26)33)30(37)22-36(24-14-7-3-8-15-24)41(39,40)25-16-9-4-10-17-25/h2-19,29H,20-22H2,1H3,(H,34,38). The van der Waals surface area contributed by atoms with Gasteiger partial charge in [0.2, 0.25) is 11.8 Å². The number of halogens is 2. The lowest BCUT2D eigenvalue weighted by Crippen LogP contribution is -2.53. The smallest absolute Gasteiger partial charge is 0.264 e. The van der Waals surface area contributed by atoms with Gasteiger partial charge >= 0.3 is 0 Å². The lowest BCUT2D eigenvalue weighted by atomic mass is 10.0. The molecule has 10 heteroatoms. The number of amides is 2. The van der Waals surface area contributed by atoms with Gasteiger partial charge in [-0.05, 0) is 42.0 Å². The van der Waals surface area contributed by atoms with Gasteiger partial charge in [0, 0.05) is 35.6 Å². The first-order valence-electron chi connectivity index (χ1n) is 12.8. The van der Waals surface area contributed by atoms with E-state index in [1.54, 1.807) is 66.7 Å². The third-order valence-electron chi connectivity index (χ3n) is 6.56. The maximum Gasteiger partial charge on any atom is 0.264 e. The highest BCUT2D eigenvalue weighted by atomic mass is 35.5. The highest BCUT2D eigenvalue weighted by Crippen LogP contribution is 2.29. The maximum atomic E-state index is 14.2. The SMILES string of the molecule is CNC(=O)C(Cc1ccccc1)N(Cc1c(Cl)cccc1Cl)C(=O)CN(c1ccccc1)S(=O)(=O)c1ccccc1. The molecule has 0 aliphatic rings. The van der Waals surface area contributed by atoms with E-state index >= 15 is 0 Å². The molecule has 41 heavy (non-hydrogen) atoms. The van der Waals surface area contributed by atoms with Gasteiger partial charge in [-0.3, -0.25) is 13.9 Å². The number of nitrogens with one attached hydrogen (secondary N) is 1. The lowest BCUT2D eigenvalue weighted by Gasteiger charge is -2.34. The predicted octanol–water partition coefficient (Wildman–Crippen LogP) is 5.57. The van der Waals surface area contributed by atoms with E-state index in [9.17, 15) is 18.0 Å². The van der Waals surface area contributed by atoms with Crippen molar-refractivity contribution in [3.05, 3.63) is 130 Å². The molecule has 4 aromatic carbocycles. The molecule has 0 aliphatic heterocycles. The number of carbonyl (C=O) groups excluding carboxylic acids is 2. The van der Waals surface area contributed by atoms with Gasteiger partial charge in [0.25, 0.3) is 10.0 Å². The molecule has 7 nitrogen and oxygen atoms in total. The van der Waals surface area contributed by atoms with Crippen LogP contribution in [0.1, 0.15) is 11.1 Å². The summed E-state index contributed by atoms with van der Waals surface area (Å²) in [6.45, 7) is -0.679. The Kier molecular flexibility index (Phi) is 10.0. The van der Waals surface area contributed by atoms with Gasteiger partial charge in [-0.15, -0.1) is 0 Å². The Morgan fingerprint density at radius 2 is 1.32 bits per heavy atom. The number of para-hydroxylation sites is 1. The topological polar surface area (TPSA) is 86.8 Å². The molecule has 0 heterocycles. The Morgan fingerprint density at radius 1 is 0.780 bits per heavy atom. The van der Waals surface area contributed by atoms with Crippen LogP contribution in [0.25, 0.3) is 0 Å². The zero-order valence-corrected chi connectivity index (χ0v) is 24.6.